The van der Waals surface area contributed by atoms with Gasteiger partial charge in [-0.25, -0.2) is 4.79 Å². The van der Waals surface area contributed by atoms with Gasteiger partial charge in [-0.3, -0.25) is 0 Å². The molecule has 0 aromatic heterocycles. The molecule has 1 aromatic carbocycles. The van der Waals surface area contributed by atoms with E-state index < -0.39 is 17.3 Å². The van der Waals surface area contributed by atoms with Gasteiger partial charge in [0, 0.05) is 12.7 Å². The summed E-state index contributed by atoms with van der Waals surface area (Å²) in [5.74, 6) is -0.463. The summed E-state index contributed by atoms with van der Waals surface area (Å²) < 4.78 is 10.8. The van der Waals surface area contributed by atoms with Crippen LogP contribution in [-0.2, 0) is 20.0 Å². The molecule has 0 saturated heterocycles. The van der Waals surface area contributed by atoms with Crippen LogP contribution in [0.2, 0.25) is 0 Å². The van der Waals surface area contributed by atoms with Crippen molar-refractivity contribution in [3.8, 4) is 0 Å². The van der Waals surface area contributed by atoms with Gasteiger partial charge in [-0.2, -0.15) is 5.43 Å². The van der Waals surface area contributed by atoms with E-state index in [-0.39, 0.29) is 0 Å². The van der Waals surface area contributed by atoms with Gasteiger partial charge in [-0.15, -0.1) is 0 Å². The van der Waals surface area contributed by atoms with E-state index in [2.05, 4.69) is 10.9 Å². The lowest BCUT2D eigenvalue weighted by Gasteiger charge is -2.29. The van der Waals surface area contributed by atoms with Crippen LogP contribution in [0.5, 0.6) is 0 Å². The van der Waals surface area contributed by atoms with Crippen molar-refractivity contribution in [2.45, 2.75) is 32.1 Å². The summed E-state index contributed by atoms with van der Waals surface area (Å²) >= 11 is 0. The zero-order valence-electron chi connectivity index (χ0n) is 11.0. The molecule has 5 heteroatoms. The van der Waals surface area contributed by atoms with Crippen LogP contribution in [0.3, 0.4) is 0 Å². The van der Waals surface area contributed by atoms with E-state index in [9.17, 15) is 4.79 Å². The number of rotatable bonds is 2. The minimum Gasteiger partial charge on any atom is -0.456 e. The van der Waals surface area contributed by atoms with E-state index in [1.54, 1.807) is 0 Å². The van der Waals surface area contributed by atoms with Crippen molar-refractivity contribution in [3.05, 3.63) is 29.8 Å². The minimum atomic E-state index is -1.29. The molecule has 5 nitrogen and oxygen atoms in total. The SMILES string of the molecule is COC1(C(=O)OC(C)(C)C)NNc2ccccc21. The molecule has 0 radical (unpaired) electrons. The molecule has 2 N–H and O–H groups in total. The van der Waals surface area contributed by atoms with Gasteiger partial charge >= 0.3 is 5.97 Å². The maximum absolute atomic E-state index is 12.3. The lowest BCUT2D eigenvalue weighted by atomic mass is 10.0. The van der Waals surface area contributed by atoms with Crippen LogP contribution in [0.25, 0.3) is 0 Å². The van der Waals surface area contributed by atoms with Crippen molar-refractivity contribution < 1.29 is 14.3 Å². The third-order valence-corrected chi connectivity index (χ3v) is 2.67. The number of hydrazine groups is 1. The lowest BCUT2D eigenvalue weighted by Crippen LogP contribution is -2.51. The summed E-state index contributed by atoms with van der Waals surface area (Å²) in [5.41, 5.74) is 5.47. The molecule has 0 fully saturated rings. The average Bonchev–Trinajstić information content (AvgIpc) is 2.67. The van der Waals surface area contributed by atoms with Crippen LogP contribution in [0, 0.1) is 0 Å². The number of nitrogens with one attached hydrogen (secondary N) is 2. The first kappa shape index (κ1) is 12.9. The largest absolute Gasteiger partial charge is 0.456 e. The summed E-state index contributed by atoms with van der Waals surface area (Å²) in [7, 11) is 1.47. The van der Waals surface area contributed by atoms with E-state index in [0.717, 1.165) is 11.3 Å². The second-order valence-corrected chi connectivity index (χ2v) is 5.18. The molecule has 98 valence electrons. The monoisotopic (exact) mass is 250 g/mol. The van der Waals surface area contributed by atoms with E-state index in [1.165, 1.54) is 7.11 Å². The number of fused-ring (bicyclic) bond motifs is 1. The lowest BCUT2D eigenvalue weighted by molar-refractivity contribution is -0.185. The van der Waals surface area contributed by atoms with Gasteiger partial charge in [-0.05, 0) is 26.8 Å². The van der Waals surface area contributed by atoms with Gasteiger partial charge in [-0.1, -0.05) is 18.2 Å². The Kier molecular flexibility index (Phi) is 3.04. The first-order valence-corrected chi connectivity index (χ1v) is 5.80. The maximum atomic E-state index is 12.3. The number of hydrogen-bond acceptors (Lipinski definition) is 5. The Labute approximate surface area is 106 Å². The van der Waals surface area contributed by atoms with Crippen LogP contribution in [0.1, 0.15) is 26.3 Å². The number of para-hydroxylation sites is 1. The van der Waals surface area contributed by atoms with E-state index >= 15 is 0 Å². The fraction of sp³-hybridized carbons (Fsp3) is 0.462. The number of esters is 1. The molecule has 1 unspecified atom stereocenters. The molecule has 1 aromatic rings. The van der Waals surface area contributed by atoms with Crippen molar-refractivity contribution in [3.63, 3.8) is 0 Å². The highest BCUT2D eigenvalue weighted by molar-refractivity contribution is 5.85. The van der Waals surface area contributed by atoms with Crippen LogP contribution in [0.15, 0.2) is 24.3 Å². The second kappa shape index (κ2) is 4.26. The summed E-state index contributed by atoms with van der Waals surface area (Å²) in [6.07, 6.45) is 0. The summed E-state index contributed by atoms with van der Waals surface area (Å²) in [4.78, 5) is 12.3. The molecule has 1 atom stereocenters. The van der Waals surface area contributed by atoms with E-state index in [0.29, 0.717) is 0 Å². The normalized spacial score (nSPS) is 22.2. The zero-order valence-corrected chi connectivity index (χ0v) is 11.0. The fourth-order valence-corrected chi connectivity index (χ4v) is 1.88. The van der Waals surface area contributed by atoms with Crippen LogP contribution in [0.4, 0.5) is 5.69 Å². The van der Waals surface area contributed by atoms with E-state index in [1.807, 2.05) is 45.0 Å². The van der Waals surface area contributed by atoms with Crippen molar-refractivity contribution >= 4 is 11.7 Å². The average molecular weight is 250 g/mol. The molecule has 0 saturated carbocycles. The predicted molar refractivity (Wildman–Crippen MR) is 67.7 cm³/mol. The quantitative estimate of drug-likeness (QED) is 0.783. The Morgan fingerprint density at radius 1 is 1.28 bits per heavy atom. The predicted octanol–water partition coefficient (Wildman–Crippen LogP) is 1.76. The third kappa shape index (κ3) is 2.07. The minimum absolute atomic E-state index is 0.463. The Morgan fingerprint density at radius 3 is 2.56 bits per heavy atom. The number of benzene rings is 1. The Hall–Kier alpha value is -1.59. The van der Waals surface area contributed by atoms with Gasteiger partial charge in [0.1, 0.15) is 5.60 Å². The zero-order chi connectivity index (χ0) is 13.4. The number of anilines is 1. The standard InChI is InChI=1S/C13H18N2O3/c1-12(2,3)18-11(16)13(17-4)9-7-5-6-8-10(9)14-15-13/h5-8,14-15H,1-4H3. The number of hydrogen-bond donors (Lipinski definition) is 2. The van der Waals surface area contributed by atoms with Crippen LogP contribution in [-0.4, -0.2) is 18.7 Å². The van der Waals surface area contributed by atoms with E-state index in [4.69, 9.17) is 9.47 Å². The number of ether oxygens (including phenoxy) is 2. The van der Waals surface area contributed by atoms with Crippen molar-refractivity contribution in [1.29, 1.82) is 0 Å². The first-order chi connectivity index (χ1) is 8.39. The van der Waals surface area contributed by atoms with Crippen LogP contribution >= 0.6 is 0 Å². The molecule has 1 heterocycles. The van der Waals surface area contributed by atoms with Crippen LogP contribution < -0.4 is 10.9 Å². The highest BCUT2D eigenvalue weighted by atomic mass is 16.6. The van der Waals surface area contributed by atoms with Gasteiger partial charge in [0.25, 0.3) is 5.72 Å². The van der Waals surface area contributed by atoms with Gasteiger partial charge < -0.3 is 14.9 Å². The number of carbonyl (C=O) groups is 1. The highest BCUT2D eigenvalue weighted by Gasteiger charge is 2.49. The Bertz CT molecular complexity index is 468. The summed E-state index contributed by atoms with van der Waals surface area (Å²) in [5, 5.41) is 0. The molecular weight excluding hydrogens is 232 g/mol. The molecule has 0 spiro atoms. The fourth-order valence-electron chi connectivity index (χ4n) is 1.88. The summed E-state index contributed by atoms with van der Waals surface area (Å²) in [6.45, 7) is 5.47. The molecule has 1 aliphatic rings. The van der Waals surface area contributed by atoms with Crippen molar-refractivity contribution in [2.75, 3.05) is 12.5 Å². The molecule has 18 heavy (non-hydrogen) atoms. The smallest absolute Gasteiger partial charge is 0.361 e. The first-order valence-electron chi connectivity index (χ1n) is 5.80. The molecule has 0 aliphatic carbocycles. The Balaban J connectivity index is 2.37. The van der Waals surface area contributed by atoms with Gasteiger partial charge in [0.05, 0.1) is 5.69 Å². The third-order valence-electron chi connectivity index (χ3n) is 2.67. The van der Waals surface area contributed by atoms with Crippen molar-refractivity contribution in [2.24, 2.45) is 0 Å². The van der Waals surface area contributed by atoms with Crippen molar-refractivity contribution in [1.82, 2.24) is 5.43 Å². The molecular formula is C13H18N2O3. The molecule has 1 aliphatic heterocycles. The molecule has 0 bridgehead atoms. The number of carbonyl (C=O) groups excluding carboxylic acids is 1. The molecule has 2 rings (SSSR count). The topological polar surface area (TPSA) is 59.6 Å². The number of methoxy groups -OCH3 is 1. The summed E-state index contributed by atoms with van der Waals surface area (Å²) in [6, 6.07) is 7.43. The highest BCUT2D eigenvalue weighted by Crippen LogP contribution is 2.35. The Morgan fingerprint density at radius 2 is 1.94 bits per heavy atom. The second-order valence-electron chi connectivity index (χ2n) is 5.18. The maximum Gasteiger partial charge on any atom is 0.361 e. The molecule has 0 amide bonds. The van der Waals surface area contributed by atoms with Gasteiger partial charge in [0.2, 0.25) is 0 Å². The van der Waals surface area contributed by atoms with Gasteiger partial charge in [0.15, 0.2) is 0 Å².